The number of fused-ring (bicyclic) bond motifs is 1. The molecule has 1 fully saturated rings. The quantitative estimate of drug-likeness (QED) is 0.828. The van der Waals surface area contributed by atoms with Crippen LogP contribution in [0.4, 0.5) is 5.95 Å². The smallest absolute Gasteiger partial charge is 0.206 e. The second-order valence-electron chi connectivity index (χ2n) is 5.00. The Bertz CT molecular complexity index is 550. The molecule has 0 saturated carbocycles. The van der Waals surface area contributed by atoms with Gasteiger partial charge >= 0.3 is 0 Å². The van der Waals surface area contributed by atoms with E-state index in [0.717, 1.165) is 37.6 Å². The standard InChI is InChI=1S/C14H20N4/c1-11-5-3-6-12-13(11)17(2)14(16-12)18-9-4-7-15-8-10-18/h3,5-6,15H,4,7-10H2,1-2H3. The highest BCUT2D eigenvalue weighted by Gasteiger charge is 2.16. The van der Waals surface area contributed by atoms with Crippen LogP contribution in [0.2, 0.25) is 0 Å². The molecule has 96 valence electrons. The Morgan fingerprint density at radius 1 is 1.22 bits per heavy atom. The Morgan fingerprint density at radius 2 is 2.11 bits per heavy atom. The molecule has 1 aliphatic heterocycles. The van der Waals surface area contributed by atoms with Gasteiger partial charge in [0.05, 0.1) is 11.0 Å². The lowest BCUT2D eigenvalue weighted by Gasteiger charge is -2.21. The predicted octanol–water partition coefficient (Wildman–Crippen LogP) is 1.68. The van der Waals surface area contributed by atoms with Gasteiger partial charge in [0.1, 0.15) is 0 Å². The third-order valence-corrected chi connectivity index (χ3v) is 3.70. The maximum absolute atomic E-state index is 4.80. The number of aromatic nitrogens is 2. The molecule has 2 aromatic rings. The van der Waals surface area contributed by atoms with Crippen LogP contribution in [0.25, 0.3) is 11.0 Å². The van der Waals surface area contributed by atoms with Crippen LogP contribution in [0.1, 0.15) is 12.0 Å². The predicted molar refractivity (Wildman–Crippen MR) is 75.2 cm³/mol. The van der Waals surface area contributed by atoms with E-state index in [-0.39, 0.29) is 0 Å². The fourth-order valence-corrected chi connectivity index (χ4v) is 2.78. The number of aryl methyl sites for hydroxylation is 2. The van der Waals surface area contributed by atoms with E-state index in [0.29, 0.717) is 0 Å². The van der Waals surface area contributed by atoms with Crippen LogP contribution in [0.5, 0.6) is 0 Å². The van der Waals surface area contributed by atoms with E-state index in [1.165, 1.54) is 17.5 Å². The minimum absolute atomic E-state index is 1.04. The molecule has 1 saturated heterocycles. The van der Waals surface area contributed by atoms with Gasteiger partial charge in [-0.3, -0.25) is 0 Å². The van der Waals surface area contributed by atoms with E-state index >= 15 is 0 Å². The Morgan fingerprint density at radius 3 is 2.94 bits per heavy atom. The number of anilines is 1. The summed E-state index contributed by atoms with van der Waals surface area (Å²) in [6.07, 6.45) is 1.18. The molecule has 18 heavy (non-hydrogen) atoms. The molecule has 1 N–H and O–H groups in total. The number of hydrogen-bond donors (Lipinski definition) is 1. The zero-order valence-corrected chi connectivity index (χ0v) is 11.1. The first kappa shape index (κ1) is 11.5. The summed E-state index contributed by atoms with van der Waals surface area (Å²) in [5.74, 6) is 1.10. The summed E-state index contributed by atoms with van der Waals surface area (Å²) >= 11 is 0. The molecular weight excluding hydrogens is 224 g/mol. The average molecular weight is 244 g/mol. The first-order chi connectivity index (χ1) is 8.77. The zero-order chi connectivity index (χ0) is 12.5. The summed E-state index contributed by atoms with van der Waals surface area (Å²) in [4.78, 5) is 7.19. The van der Waals surface area contributed by atoms with E-state index in [2.05, 4.69) is 47.0 Å². The van der Waals surface area contributed by atoms with Gasteiger partial charge in [-0.2, -0.15) is 0 Å². The van der Waals surface area contributed by atoms with Gasteiger partial charge in [0.25, 0.3) is 0 Å². The molecule has 1 aliphatic rings. The molecule has 1 aromatic carbocycles. The van der Waals surface area contributed by atoms with E-state index in [1.54, 1.807) is 0 Å². The fraction of sp³-hybridized carbons (Fsp3) is 0.500. The molecule has 4 heteroatoms. The van der Waals surface area contributed by atoms with Crippen molar-refractivity contribution in [3.63, 3.8) is 0 Å². The largest absolute Gasteiger partial charge is 0.341 e. The summed E-state index contributed by atoms with van der Waals surface area (Å²) in [5, 5.41) is 3.43. The van der Waals surface area contributed by atoms with E-state index in [4.69, 9.17) is 4.98 Å². The maximum atomic E-state index is 4.80. The molecule has 0 unspecified atom stereocenters. The lowest BCUT2D eigenvalue weighted by molar-refractivity contribution is 0.724. The van der Waals surface area contributed by atoms with Crippen LogP contribution in [0.3, 0.4) is 0 Å². The molecule has 1 aromatic heterocycles. The number of hydrogen-bond acceptors (Lipinski definition) is 3. The maximum Gasteiger partial charge on any atom is 0.206 e. The highest BCUT2D eigenvalue weighted by molar-refractivity contribution is 5.82. The van der Waals surface area contributed by atoms with E-state index in [9.17, 15) is 0 Å². The Labute approximate surface area is 108 Å². The second-order valence-corrected chi connectivity index (χ2v) is 5.00. The molecule has 2 heterocycles. The fourth-order valence-electron chi connectivity index (χ4n) is 2.78. The lowest BCUT2D eigenvalue weighted by Crippen LogP contribution is -2.29. The van der Waals surface area contributed by atoms with Gasteiger partial charge in [-0.15, -0.1) is 0 Å². The van der Waals surface area contributed by atoms with Crippen molar-refractivity contribution in [1.82, 2.24) is 14.9 Å². The first-order valence-electron chi connectivity index (χ1n) is 6.65. The van der Waals surface area contributed by atoms with Gasteiger partial charge in [-0.25, -0.2) is 4.98 Å². The number of rotatable bonds is 1. The number of imidazole rings is 1. The molecule has 0 atom stereocenters. The van der Waals surface area contributed by atoms with Gasteiger partial charge in [0.2, 0.25) is 5.95 Å². The van der Waals surface area contributed by atoms with Crippen molar-refractivity contribution >= 4 is 17.0 Å². The third kappa shape index (κ3) is 1.86. The SMILES string of the molecule is Cc1cccc2nc(N3CCCNCC3)n(C)c12. The van der Waals surface area contributed by atoms with Crippen LogP contribution >= 0.6 is 0 Å². The zero-order valence-electron chi connectivity index (χ0n) is 11.1. The Kier molecular flexibility index (Phi) is 2.96. The van der Waals surface area contributed by atoms with Crippen molar-refractivity contribution in [2.75, 3.05) is 31.1 Å². The number of benzene rings is 1. The van der Waals surface area contributed by atoms with Crippen LogP contribution in [0, 0.1) is 6.92 Å². The molecule has 0 spiro atoms. The average Bonchev–Trinajstić information content (AvgIpc) is 2.56. The normalized spacial score (nSPS) is 17.1. The van der Waals surface area contributed by atoms with Crippen LogP contribution in [-0.2, 0) is 7.05 Å². The topological polar surface area (TPSA) is 33.1 Å². The van der Waals surface area contributed by atoms with E-state index in [1.807, 2.05) is 0 Å². The first-order valence-corrected chi connectivity index (χ1v) is 6.65. The Balaban J connectivity index is 2.06. The lowest BCUT2D eigenvalue weighted by atomic mass is 10.2. The van der Waals surface area contributed by atoms with Crippen LogP contribution in [0.15, 0.2) is 18.2 Å². The van der Waals surface area contributed by atoms with Crippen molar-refractivity contribution in [2.24, 2.45) is 7.05 Å². The van der Waals surface area contributed by atoms with Gasteiger partial charge in [-0.1, -0.05) is 12.1 Å². The van der Waals surface area contributed by atoms with Gasteiger partial charge in [-0.05, 0) is 31.5 Å². The summed E-state index contributed by atoms with van der Waals surface area (Å²) < 4.78 is 2.23. The van der Waals surface area contributed by atoms with Crippen LogP contribution < -0.4 is 10.2 Å². The monoisotopic (exact) mass is 244 g/mol. The Hall–Kier alpha value is -1.55. The van der Waals surface area contributed by atoms with Crippen molar-refractivity contribution in [3.05, 3.63) is 23.8 Å². The van der Waals surface area contributed by atoms with Crippen molar-refractivity contribution in [2.45, 2.75) is 13.3 Å². The second kappa shape index (κ2) is 4.61. The molecule has 0 radical (unpaired) electrons. The minimum Gasteiger partial charge on any atom is -0.341 e. The van der Waals surface area contributed by atoms with E-state index < -0.39 is 0 Å². The van der Waals surface area contributed by atoms with Gasteiger partial charge in [0, 0.05) is 26.7 Å². The molecule has 0 aliphatic carbocycles. The summed E-state index contributed by atoms with van der Waals surface area (Å²) in [6, 6.07) is 6.33. The van der Waals surface area contributed by atoms with Gasteiger partial charge in [0.15, 0.2) is 0 Å². The molecular formula is C14H20N4. The van der Waals surface area contributed by atoms with Crippen molar-refractivity contribution < 1.29 is 0 Å². The van der Waals surface area contributed by atoms with Gasteiger partial charge < -0.3 is 14.8 Å². The molecule has 0 bridgehead atoms. The van der Waals surface area contributed by atoms with Crippen molar-refractivity contribution in [3.8, 4) is 0 Å². The van der Waals surface area contributed by atoms with Crippen LogP contribution in [-0.4, -0.2) is 35.7 Å². The molecule has 3 rings (SSSR count). The summed E-state index contributed by atoms with van der Waals surface area (Å²) in [5.41, 5.74) is 3.65. The number of nitrogens with zero attached hydrogens (tertiary/aromatic N) is 3. The number of para-hydroxylation sites is 1. The summed E-state index contributed by atoms with van der Waals surface area (Å²) in [7, 11) is 2.12. The van der Waals surface area contributed by atoms with Crippen molar-refractivity contribution in [1.29, 1.82) is 0 Å². The highest BCUT2D eigenvalue weighted by Crippen LogP contribution is 2.24. The highest BCUT2D eigenvalue weighted by atomic mass is 15.3. The molecule has 4 nitrogen and oxygen atoms in total. The summed E-state index contributed by atoms with van der Waals surface area (Å²) in [6.45, 7) is 6.43. The number of nitrogens with one attached hydrogen (secondary N) is 1. The third-order valence-electron chi connectivity index (χ3n) is 3.70. The minimum atomic E-state index is 1.04. The molecule has 0 amide bonds.